The third-order valence-corrected chi connectivity index (χ3v) is 8.86. The molecule has 6 rings (SSSR count). The lowest BCUT2D eigenvalue weighted by molar-refractivity contribution is -0.190. The molecule has 6 bridgehead atoms. The molecular formula is C25H40O5. The number of fused-ring (bicyclic) bond motifs is 2. The van der Waals surface area contributed by atoms with Gasteiger partial charge in [-0.25, -0.2) is 0 Å². The zero-order chi connectivity index (χ0) is 21.3. The monoisotopic (exact) mass is 420 g/mol. The number of rotatable bonds is 6. The molecule has 0 N–H and O–H groups in total. The Bertz CT molecular complexity index is 589. The number of carbonyl (C=O) groups is 2. The minimum absolute atomic E-state index is 0.0241. The van der Waals surface area contributed by atoms with Crippen LogP contribution in [0.5, 0.6) is 0 Å². The maximum Gasteiger partial charge on any atom is 0.311 e. The van der Waals surface area contributed by atoms with E-state index in [1.807, 2.05) is 13.8 Å². The molecule has 6 aliphatic carbocycles. The lowest BCUT2D eigenvalue weighted by Crippen LogP contribution is -2.49. The van der Waals surface area contributed by atoms with Crippen LogP contribution < -0.4 is 0 Å². The summed E-state index contributed by atoms with van der Waals surface area (Å²) in [5.74, 6) is 4.99. The Hall–Kier alpha value is -1.10. The van der Waals surface area contributed by atoms with Gasteiger partial charge in [-0.3, -0.25) is 9.59 Å². The summed E-state index contributed by atoms with van der Waals surface area (Å²) in [4.78, 5) is 22.8. The molecule has 0 spiro atoms. The third-order valence-electron chi connectivity index (χ3n) is 8.86. The fourth-order valence-corrected chi connectivity index (χ4v) is 7.33. The summed E-state index contributed by atoms with van der Waals surface area (Å²) in [6.07, 6.45) is 13.0. The number of carbonyl (C=O) groups excluding carboxylic acids is 2. The molecule has 6 aliphatic rings. The first-order valence-corrected chi connectivity index (χ1v) is 12.3. The van der Waals surface area contributed by atoms with Crippen molar-refractivity contribution >= 4 is 11.9 Å². The molecule has 6 fully saturated rings. The number of hydrogen-bond acceptors (Lipinski definition) is 5. The lowest BCUT2D eigenvalue weighted by Gasteiger charge is -2.53. The number of esters is 2. The highest BCUT2D eigenvalue weighted by atomic mass is 16.7. The second-order valence-corrected chi connectivity index (χ2v) is 10.8. The summed E-state index contributed by atoms with van der Waals surface area (Å²) in [7, 11) is 1.41. The Morgan fingerprint density at radius 1 is 0.867 bits per heavy atom. The maximum absolute atomic E-state index is 12.3. The van der Waals surface area contributed by atoms with Crippen LogP contribution in [0, 0.1) is 47.3 Å². The van der Waals surface area contributed by atoms with Crippen LogP contribution in [0.2, 0.25) is 0 Å². The summed E-state index contributed by atoms with van der Waals surface area (Å²) in [6.45, 7) is 4.02. The van der Waals surface area contributed by atoms with Gasteiger partial charge in [-0.05, 0) is 93.3 Å². The first kappa shape index (κ1) is 22.1. The van der Waals surface area contributed by atoms with Gasteiger partial charge in [0, 0.05) is 0 Å². The van der Waals surface area contributed by atoms with Crippen molar-refractivity contribution in [2.24, 2.45) is 47.3 Å². The van der Waals surface area contributed by atoms with Crippen LogP contribution in [-0.4, -0.2) is 31.9 Å². The molecule has 0 aromatic carbocycles. The second-order valence-electron chi connectivity index (χ2n) is 10.8. The Morgan fingerprint density at radius 3 is 1.97 bits per heavy atom. The average molecular weight is 421 g/mol. The summed E-state index contributed by atoms with van der Waals surface area (Å²) in [5.41, 5.74) is 0. The van der Waals surface area contributed by atoms with Gasteiger partial charge in [0.15, 0.2) is 6.79 Å². The molecule has 0 saturated heterocycles. The van der Waals surface area contributed by atoms with E-state index in [9.17, 15) is 9.59 Å². The molecular weight excluding hydrogens is 380 g/mol. The number of methoxy groups -OCH3 is 1. The minimum Gasteiger partial charge on any atom is -0.469 e. The molecule has 6 saturated carbocycles. The first-order chi connectivity index (χ1) is 14.5. The van der Waals surface area contributed by atoms with Crippen LogP contribution in [0.1, 0.15) is 78.1 Å². The van der Waals surface area contributed by atoms with Crippen LogP contribution in [0.25, 0.3) is 0 Å². The normalized spacial score (nSPS) is 41.2. The number of ether oxygens (including phenoxy) is 3. The summed E-state index contributed by atoms with van der Waals surface area (Å²) >= 11 is 0. The highest BCUT2D eigenvalue weighted by Crippen LogP contribution is 2.54. The van der Waals surface area contributed by atoms with Crippen LogP contribution in [0.4, 0.5) is 0 Å². The third kappa shape index (κ3) is 4.71. The number of hydrogen-bond donors (Lipinski definition) is 0. The summed E-state index contributed by atoms with van der Waals surface area (Å²) < 4.78 is 16.1. The Morgan fingerprint density at radius 2 is 1.50 bits per heavy atom. The summed E-state index contributed by atoms with van der Waals surface area (Å²) in [5, 5.41) is 0. The van der Waals surface area contributed by atoms with Gasteiger partial charge in [-0.2, -0.15) is 0 Å². The van der Waals surface area contributed by atoms with Crippen molar-refractivity contribution in [1.82, 2.24) is 0 Å². The van der Waals surface area contributed by atoms with E-state index in [0.717, 1.165) is 42.4 Å². The molecule has 0 aromatic heterocycles. The van der Waals surface area contributed by atoms with Crippen LogP contribution in [0.3, 0.4) is 0 Å². The van der Waals surface area contributed by atoms with E-state index in [1.54, 1.807) is 0 Å². The Kier molecular flexibility index (Phi) is 7.06. The van der Waals surface area contributed by atoms with Gasteiger partial charge in [-0.1, -0.05) is 20.3 Å². The maximum atomic E-state index is 12.3. The van der Waals surface area contributed by atoms with Crippen molar-refractivity contribution < 1.29 is 23.8 Å². The largest absolute Gasteiger partial charge is 0.469 e. The quantitative estimate of drug-likeness (QED) is 0.448. The average Bonchev–Trinajstić information content (AvgIpc) is 3.38. The van der Waals surface area contributed by atoms with Gasteiger partial charge in [0.2, 0.25) is 0 Å². The first-order valence-electron chi connectivity index (χ1n) is 12.3. The lowest BCUT2D eigenvalue weighted by atomic mass is 9.55. The fraction of sp³-hybridized carbons (Fsp3) is 0.920. The van der Waals surface area contributed by atoms with Crippen molar-refractivity contribution in [3.8, 4) is 0 Å². The van der Waals surface area contributed by atoms with Crippen LogP contribution >= 0.6 is 0 Å². The highest BCUT2D eigenvalue weighted by molar-refractivity contribution is 5.73. The summed E-state index contributed by atoms with van der Waals surface area (Å²) in [6, 6.07) is 0. The van der Waals surface area contributed by atoms with E-state index in [0.29, 0.717) is 12.0 Å². The SMILES string of the molecule is CCC(C)C(=O)OC.O=C(OCOC1C2CC3CC(C2)CC1C3)C1CC2CCC1C2. The van der Waals surface area contributed by atoms with Gasteiger partial charge in [-0.15, -0.1) is 0 Å². The molecule has 0 aliphatic heterocycles. The molecule has 5 heteroatoms. The van der Waals surface area contributed by atoms with E-state index in [1.165, 1.54) is 58.5 Å². The molecule has 0 radical (unpaired) electrons. The molecule has 4 atom stereocenters. The smallest absolute Gasteiger partial charge is 0.311 e. The minimum atomic E-state index is -0.118. The Balaban J connectivity index is 0.000000235. The van der Waals surface area contributed by atoms with Crippen molar-refractivity contribution in [3.63, 3.8) is 0 Å². The predicted octanol–water partition coefficient (Wildman–Crippen LogP) is 4.97. The predicted molar refractivity (Wildman–Crippen MR) is 113 cm³/mol. The van der Waals surface area contributed by atoms with Crippen LogP contribution in [-0.2, 0) is 23.8 Å². The van der Waals surface area contributed by atoms with Gasteiger partial charge < -0.3 is 14.2 Å². The molecule has 0 aromatic rings. The zero-order valence-corrected chi connectivity index (χ0v) is 19.0. The Labute approximate surface area is 181 Å². The highest BCUT2D eigenvalue weighted by Gasteiger charge is 2.49. The molecule has 0 heterocycles. The van der Waals surface area contributed by atoms with Gasteiger partial charge in [0.25, 0.3) is 0 Å². The topological polar surface area (TPSA) is 61.8 Å². The van der Waals surface area contributed by atoms with Gasteiger partial charge in [0.1, 0.15) is 0 Å². The van der Waals surface area contributed by atoms with Crippen molar-refractivity contribution in [2.75, 3.05) is 13.9 Å². The molecule has 4 unspecified atom stereocenters. The van der Waals surface area contributed by atoms with E-state index < -0.39 is 0 Å². The fourth-order valence-electron chi connectivity index (χ4n) is 7.33. The molecule has 0 amide bonds. The van der Waals surface area contributed by atoms with E-state index >= 15 is 0 Å². The standard InChI is InChI=1S/C19H28O3.C6H12O2/c20-19(17-9-11-1-2-14(17)4-11)22-10-21-18-15-5-12-3-13(7-15)8-16(18)6-12;1-4-5(2)6(7)8-3/h11-18H,1-10H2;5H,4H2,1-3H3. The van der Waals surface area contributed by atoms with Crippen molar-refractivity contribution in [1.29, 1.82) is 0 Å². The zero-order valence-electron chi connectivity index (χ0n) is 19.0. The van der Waals surface area contributed by atoms with Gasteiger partial charge >= 0.3 is 11.9 Å². The van der Waals surface area contributed by atoms with Gasteiger partial charge in [0.05, 0.1) is 25.0 Å². The van der Waals surface area contributed by atoms with E-state index in [-0.39, 0.29) is 30.6 Å². The second kappa shape index (κ2) is 9.58. The van der Waals surface area contributed by atoms with E-state index in [4.69, 9.17) is 9.47 Å². The van der Waals surface area contributed by atoms with Crippen LogP contribution in [0.15, 0.2) is 0 Å². The van der Waals surface area contributed by atoms with E-state index in [2.05, 4.69) is 4.74 Å². The molecule has 5 nitrogen and oxygen atoms in total. The molecule has 30 heavy (non-hydrogen) atoms. The van der Waals surface area contributed by atoms with Crippen molar-refractivity contribution in [2.45, 2.75) is 84.2 Å². The van der Waals surface area contributed by atoms with Crippen molar-refractivity contribution in [3.05, 3.63) is 0 Å². The molecule has 170 valence electrons.